The molecule has 3 aromatic rings. The van der Waals surface area contributed by atoms with Gasteiger partial charge in [-0.05, 0) is 43.9 Å². The van der Waals surface area contributed by atoms with Crippen molar-refractivity contribution in [2.45, 2.75) is 39.3 Å². The van der Waals surface area contributed by atoms with E-state index in [0.29, 0.717) is 11.7 Å². The van der Waals surface area contributed by atoms with E-state index in [0.717, 1.165) is 54.0 Å². The van der Waals surface area contributed by atoms with Gasteiger partial charge in [-0.2, -0.15) is 17.8 Å². The summed E-state index contributed by atoms with van der Waals surface area (Å²) in [5.74, 6) is 0.872. The Morgan fingerprint density at radius 1 is 1.23 bits per heavy atom. The number of aryl methyl sites for hydroxylation is 2. The lowest BCUT2D eigenvalue weighted by Gasteiger charge is -2.60. The third-order valence-electron chi connectivity index (χ3n) is 6.56. The molecule has 0 atom stereocenters. The number of rotatable bonds is 5. The molecule has 0 amide bonds. The average molecular weight is 461 g/mol. The monoisotopic (exact) mass is 460 g/mol. The minimum absolute atomic E-state index is 0.0756. The molecule has 1 aliphatic heterocycles. The zero-order valence-electron chi connectivity index (χ0n) is 17.5. The first-order valence-corrected chi connectivity index (χ1v) is 12.1. The molecule has 3 heterocycles. The highest BCUT2D eigenvalue weighted by Gasteiger charge is 2.55. The van der Waals surface area contributed by atoms with Crippen molar-refractivity contribution in [3.05, 3.63) is 58.5 Å². The zero-order valence-corrected chi connectivity index (χ0v) is 19.1. The molecule has 31 heavy (non-hydrogen) atoms. The Morgan fingerprint density at radius 2 is 1.90 bits per heavy atom. The van der Waals surface area contributed by atoms with Crippen LogP contribution in [-0.2, 0) is 16.8 Å². The molecule has 1 spiro atoms. The van der Waals surface area contributed by atoms with Gasteiger partial charge in [-0.25, -0.2) is 14.6 Å². The fraction of sp³-hybridized carbons (Fsp3) is 0.429. The Morgan fingerprint density at radius 3 is 2.55 bits per heavy atom. The molecule has 2 aliphatic rings. The fourth-order valence-corrected chi connectivity index (χ4v) is 6.19. The Bertz CT molecular complexity index is 1240. The van der Waals surface area contributed by atoms with E-state index >= 15 is 0 Å². The van der Waals surface area contributed by atoms with Gasteiger partial charge in [0.25, 0.3) is 10.2 Å². The summed E-state index contributed by atoms with van der Waals surface area (Å²) < 4.78 is 27.7. The van der Waals surface area contributed by atoms with Crippen LogP contribution in [0.1, 0.15) is 29.5 Å². The molecule has 0 bridgehead atoms. The van der Waals surface area contributed by atoms with E-state index in [1.165, 1.54) is 10.6 Å². The van der Waals surface area contributed by atoms with Gasteiger partial charge in [0.15, 0.2) is 5.82 Å². The van der Waals surface area contributed by atoms with Crippen molar-refractivity contribution in [2.24, 2.45) is 10.6 Å². The van der Waals surface area contributed by atoms with Gasteiger partial charge >= 0.3 is 0 Å². The third-order valence-corrected chi connectivity index (χ3v) is 7.91. The van der Waals surface area contributed by atoms with Crippen LogP contribution in [0.4, 0.5) is 5.82 Å². The number of halogens is 1. The lowest BCUT2D eigenvalue weighted by atomic mass is 9.60. The molecular formula is C21H25ClN6O2S. The number of nitrogens with two attached hydrogens (primary N) is 1. The van der Waals surface area contributed by atoms with Crippen LogP contribution in [0.25, 0.3) is 5.52 Å². The summed E-state index contributed by atoms with van der Waals surface area (Å²) >= 11 is 6.26. The van der Waals surface area contributed by atoms with E-state index < -0.39 is 10.2 Å². The number of hydrogen-bond acceptors (Lipinski definition) is 5. The van der Waals surface area contributed by atoms with Crippen LogP contribution >= 0.6 is 11.6 Å². The topological polar surface area (TPSA) is 96.8 Å². The van der Waals surface area contributed by atoms with E-state index in [1.54, 1.807) is 4.52 Å². The van der Waals surface area contributed by atoms with Crippen LogP contribution in [0.5, 0.6) is 0 Å². The zero-order chi connectivity index (χ0) is 22.0. The van der Waals surface area contributed by atoms with Gasteiger partial charge in [-0.3, -0.25) is 0 Å². The quantitative estimate of drug-likeness (QED) is 0.631. The van der Waals surface area contributed by atoms with E-state index in [2.05, 4.69) is 15.0 Å². The van der Waals surface area contributed by atoms with Crippen molar-refractivity contribution in [1.82, 2.24) is 18.9 Å². The summed E-state index contributed by atoms with van der Waals surface area (Å²) in [4.78, 5) is 6.71. The highest BCUT2D eigenvalue weighted by Crippen LogP contribution is 2.52. The predicted molar refractivity (Wildman–Crippen MR) is 120 cm³/mol. The number of fused-ring (bicyclic) bond motifs is 1. The summed E-state index contributed by atoms with van der Waals surface area (Å²) in [6, 6.07) is 9.70. The number of nitrogens with zero attached hydrogens (tertiary/aromatic N) is 5. The third kappa shape index (κ3) is 3.59. The number of benzene rings is 1. The first-order valence-electron chi connectivity index (χ1n) is 10.2. The summed E-state index contributed by atoms with van der Waals surface area (Å²) in [6.45, 7) is 5.98. The molecule has 10 heteroatoms. The maximum Gasteiger partial charge on any atom is 0.277 e. The van der Waals surface area contributed by atoms with E-state index in [1.807, 2.05) is 44.2 Å². The van der Waals surface area contributed by atoms with Crippen molar-refractivity contribution >= 4 is 33.1 Å². The molecule has 0 unspecified atom stereocenters. The van der Waals surface area contributed by atoms with E-state index in [4.69, 9.17) is 16.7 Å². The van der Waals surface area contributed by atoms with Gasteiger partial charge in [0.2, 0.25) is 0 Å². The summed E-state index contributed by atoms with van der Waals surface area (Å²) in [6.07, 6.45) is 3.12. The molecule has 164 valence electrons. The molecule has 1 aromatic carbocycles. The lowest BCUT2D eigenvalue weighted by molar-refractivity contribution is 0.0110. The largest absolute Gasteiger partial charge is 0.354 e. The normalized spacial score (nSPS) is 18.5. The molecule has 2 aromatic heterocycles. The fourth-order valence-electron chi connectivity index (χ4n) is 5.01. The van der Waals surface area contributed by atoms with Crippen LogP contribution in [0.15, 0.2) is 36.7 Å². The van der Waals surface area contributed by atoms with Gasteiger partial charge in [-0.1, -0.05) is 41.4 Å². The van der Waals surface area contributed by atoms with Crippen LogP contribution in [0, 0.1) is 19.3 Å². The van der Waals surface area contributed by atoms with E-state index in [-0.39, 0.29) is 11.5 Å². The Kier molecular flexibility index (Phi) is 4.78. The Labute approximate surface area is 186 Å². The first-order chi connectivity index (χ1) is 14.7. The number of hydrogen-bond donors (Lipinski definition) is 1. The Hall–Kier alpha value is -2.20. The van der Waals surface area contributed by atoms with Gasteiger partial charge in [0.1, 0.15) is 17.0 Å². The maximum atomic E-state index is 12.3. The molecule has 1 saturated heterocycles. The summed E-state index contributed by atoms with van der Waals surface area (Å²) in [5.41, 5.74) is 4.14. The SMILES string of the molecule is Cc1ccc(CN(C2CC3(C2)CN(c2ncnn4c(Cl)cc(C)c24)C3)S(N)(=O)=O)cc1. The highest BCUT2D eigenvalue weighted by molar-refractivity contribution is 7.86. The second kappa shape index (κ2) is 7.16. The number of anilines is 1. The van der Waals surface area contributed by atoms with Crippen molar-refractivity contribution in [1.29, 1.82) is 0 Å². The predicted octanol–water partition coefficient (Wildman–Crippen LogP) is 2.67. The molecule has 5 rings (SSSR count). The molecule has 2 fully saturated rings. The molecule has 8 nitrogen and oxygen atoms in total. The van der Waals surface area contributed by atoms with Crippen LogP contribution in [-0.4, -0.2) is 46.5 Å². The maximum absolute atomic E-state index is 12.3. The molecule has 2 N–H and O–H groups in total. The van der Waals surface area contributed by atoms with Gasteiger partial charge < -0.3 is 4.90 Å². The summed E-state index contributed by atoms with van der Waals surface area (Å²) in [7, 11) is -3.78. The van der Waals surface area contributed by atoms with E-state index in [9.17, 15) is 8.42 Å². The Balaban J connectivity index is 1.29. The molecule has 1 aliphatic carbocycles. The van der Waals surface area contributed by atoms with Crippen molar-refractivity contribution < 1.29 is 8.42 Å². The van der Waals surface area contributed by atoms with Crippen LogP contribution in [0.3, 0.4) is 0 Å². The van der Waals surface area contributed by atoms with Gasteiger partial charge in [-0.15, -0.1) is 0 Å². The van der Waals surface area contributed by atoms with Crippen molar-refractivity contribution in [2.75, 3.05) is 18.0 Å². The standard InChI is InChI=1S/C21H25ClN6O2S/c1-14-3-5-16(6-4-14)10-27(31(23,29)30)17-8-21(9-17)11-26(12-21)20-19-15(2)7-18(22)28(19)25-13-24-20/h3-7,13,17H,8-12H2,1-2H3,(H2,23,29,30). The minimum atomic E-state index is -3.78. The molecule has 1 saturated carbocycles. The molecular weight excluding hydrogens is 436 g/mol. The lowest BCUT2D eigenvalue weighted by Crippen LogP contribution is -2.67. The van der Waals surface area contributed by atoms with Crippen LogP contribution in [0.2, 0.25) is 5.15 Å². The minimum Gasteiger partial charge on any atom is -0.354 e. The number of aromatic nitrogens is 3. The first kappa shape index (κ1) is 20.7. The van der Waals surface area contributed by atoms with Crippen LogP contribution < -0.4 is 10.0 Å². The summed E-state index contributed by atoms with van der Waals surface area (Å²) in [5, 5.41) is 10.4. The second-order valence-electron chi connectivity index (χ2n) is 8.99. The smallest absolute Gasteiger partial charge is 0.277 e. The highest BCUT2D eigenvalue weighted by atomic mass is 35.5. The average Bonchev–Trinajstić information content (AvgIpc) is 2.94. The van der Waals surface area contributed by atoms with Gasteiger partial charge in [0.05, 0.1) is 0 Å². The van der Waals surface area contributed by atoms with Crippen molar-refractivity contribution in [3.8, 4) is 0 Å². The van der Waals surface area contributed by atoms with Crippen molar-refractivity contribution in [3.63, 3.8) is 0 Å². The second-order valence-corrected chi connectivity index (χ2v) is 10.9. The van der Waals surface area contributed by atoms with Gasteiger partial charge in [0, 0.05) is 31.1 Å². The molecule has 0 radical (unpaired) electrons.